The van der Waals surface area contributed by atoms with Crippen LogP contribution in [0.3, 0.4) is 0 Å². The fourth-order valence-electron chi connectivity index (χ4n) is 0.470. The molecule has 0 heterocycles. The van der Waals surface area contributed by atoms with Crippen molar-refractivity contribution in [2.75, 3.05) is 11.5 Å². The molecular formula is C8H16S. The second-order valence-corrected chi connectivity index (χ2v) is 3.41. The summed E-state index contributed by atoms with van der Waals surface area (Å²) in [6, 6.07) is 0. The number of thioether (sulfide) groups is 1. The Labute approximate surface area is 62.7 Å². The Morgan fingerprint density at radius 2 is 2.33 bits per heavy atom. The molecule has 0 aliphatic carbocycles. The summed E-state index contributed by atoms with van der Waals surface area (Å²) in [4.78, 5) is 0. The average molecular weight is 144 g/mol. The molecule has 0 fully saturated rings. The van der Waals surface area contributed by atoms with Gasteiger partial charge in [0.2, 0.25) is 0 Å². The summed E-state index contributed by atoms with van der Waals surface area (Å²) in [5.41, 5.74) is 0. The molecule has 1 atom stereocenters. The van der Waals surface area contributed by atoms with Gasteiger partial charge in [-0.3, -0.25) is 0 Å². The predicted octanol–water partition coefficient (Wildman–Crippen LogP) is 2.95. The standard InChI is InChI=1S/C8H16S/c1-4-6-9-7-8(3)5-2/h4,8H,1,5-7H2,2-3H3. The highest BCUT2D eigenvalue weighted by atomic mass is 32.2. The van der Waals surface area contributed by atoms with Crippen LogP contribution in [0.15, 0.2) is 12.7 Å². The van der Waals surface area contributed by atoms with Crippen molar-refractivity contribution in [1.29, 1.82) is 0 Å². The smallest absolute Gasteiger partial charge is 0.0110 e. The van der Waals surface area contributed by atoms with E-state index in [2.05, 4.69) is 20.4 Å². The summed E-state index contributed by atoms with van der Waals surface area (Å²) in [5.74, 6) is 3.25. The minimum Gasteiger partial charge on any atom is -0.158 e. The monoisotopic (exact) mass is 144 g/mol. The van der Waals surface area contributed by atoms with Gasteiger partial charge in [-0.2, -0.15) is 11.8 Å². The van der Waals surface area contributed by atoms with E-state index >= 15 is 0 Å². The van der Waals surface area contributed by atoms with E-state index in [1.54, 1.807) is 0 Å². The van der Waals surface area contributed by atoms with Crippen LogP contribution >= 0.6 is 11.8 Å². The lowest BCUT2D eigenvalue weighted by atomic mass is 10.2. The van der Waals surface area contributed by atoms with E-state index in [9.17, 15) is 0 Å². The molecule has 0 saturated heterocycles. The van der Waals surface area contributed by atoms with E-state index in [1.165, 1.54) is 12.2 Å². The van der Waals surface area contributed by atoms with Gasteiger partial charge in [-0.15, -0.1) is 6.58 Å². The van der Waals surface area contributed by atoms with Crippen LogP contribution < -0.4 is 0 Å². The Bertz CT molecular complexity index is 69.0. The van der Waals surface area contributed by atoms with Gasteiger partial charge in [0.05, 0.1) is 0 Å². The van der Waals surface area contributed by atoms with Crippen LogP contribution in [0.2, 0.25) is 0 Å². The largest absolute Gasteiger partial charge is 0.158 e. The third-order valence-corrected chi connectivity index (χ3v) is 2.61. The molecule has 0 aliphatic heterocycles. The van der Waals surface area contributed by atoms with Crippen molar-refractivity contribution in [2.24, 2.45) is 5.92 Å². The SMILES string of the molecule is C=CCSCC(C)CC. The van der Waals surface area contributed by atoms with Crippen molar-refractivity contribution < 1.29 is 0 Å². The average Bonchev–Trinajstić information content (AvgIpc) is 1.89. The van der Waals surface area contributed by atoms with Crippen molar-refractivity contribution in [2.45, 2.75) is 20.3 Å². The summed E-state index contributed by atoms with van der Waals surface area (Å²) in [7, 11) is 0. The number of hydrogen-bond acceptors (Lipinski definition) is 1. The second kappa shape index (κ2) is 6.21. The lowest BCUT2D eigenvalue weighted by molar-refractivity contribution is 0.637. The maximum Gasteiger partial charge on any atom is 0.0110 e. The molecule has 1 heteroatoms. The highest BCUT2D eigenvalue weighted by molar-refractivity contribution is 7.99. The minimum atomic E-state index is 0.870. The van der Waals surface area contributed by atoms with Gasteiger partial charge in [-0.25, -0.2) is 0 Å². The fraction of sp³-hybridized carbons (Fsp3) is 0.750. The van der Waals surface area contributed by atoms with Gasteiger partial charge in [-0.05, 0) is 11.7 Å². The van der Waals surface area contributed by atoms with Gasteiger partial charge < -0.3 is 0 Å². The molecule has 0 nitrogen and oxygen atoms in total. The van der Waals surface area contributed by atoms with Crippen LogP contribution in [-0.2, 0) is 0 Å². The van der Waals surface area contributed by atoms with Crippen molar-refractivity contribution >= 4 is 11.8 Å². The van der Waals surface area contributed by atoms with Gasteiger partial charge >= 0.3 is 0 Å². The fourth-order valence-corrected chi connectivity index (χ4v) is 1.41. The molecule has 0 spiro atoms. The zero-order chi connectivity index (χ0) is 7.11. The maximum absolute atomic E-state index is 3.66. The van der Waals surface area contributed by atoms with E-state index in [0.717, 1.165) is 11.7 Å². The second-order valence-electron chi connectivity index (χ2n) is 2.34. The van der Waals surface area contributed by atoms with Crippen LogP contribution in [0, 0.1) is 5.92 Å². The van der Waals surface area contributed by atoms with Gasteiger partial charge in [0, 0.05) is 5.75 Å². The van der Waals surface area contributed by atoms with E-state index in [1.807, 2.05) is 17.8 Å². The van der Waals surface area contributed by atoms with Gasteiger partial charge in [0.1, 0.15) is 0 Å². The maximum atomic E-state index is 3.66. The quantitative estimate of drug-likeness (QED) is 0.422. The summed E-state index contributed by atoms with van der Waals surface area (Å²) >= 11 is 1.97. The first-order valence-electron chi connectivity index (χ1n) is 3.49. The third-order valence-electron chi connectivity index (χ3n) is 1.33. The Kier molecular flexibility index (Phi) is 6.28. The molecule has 1 unspecified atom stereocenters. The van der Waals surface area contributed by atoms with E-state index < -0.39 is 0 Å². The summed E-state index contributed by atoms with van der Waals surface area (Å²) in [6.07, 6.45) is 3.26. The summed E-state index contributed by atoms with van der Waals surface area (Å²) in [6.45, 7) is 8.19. The number of rotatable bonds is 5. The Hall–Kier alpha value is 0.0900. The molecule has 0 aromatic heterocycles. The first kappa shape index (κ1) is 9.09. The van der Waals surface area contributed by atoms with Crippen LogP contribution in [0.5, 0.6) is 0 Å². The molecule has 0 bridgehead atoms. The topological polar surface area (TPSA) is 0 Å². The molecule has 0 amide bonds. The zero-order valence-electron chi connectivity index (χ0n) is 6.39. The van der Waals surface area contributed by atoms with E-state index in [-0.39, 0.29) is 0 Å². The zero-order valence-corrected chi connectivity index (χ0v) is 7.21. The van der Waals surface area contributed by atoms with Gasteiger partial charge in [0.25, 0.3) is 0 Å². The Morgan fingerprint density at radius 1 is 1.67 bits per heavy atom. The number of hydrogen-bond donors (Lipinski definition) is 0. The molecule has 0 radical (unpaired) electrons. The Morgan fingerprint density at radius 3 is 2.78 bits per heavy atom. The highest BCUT2D eigenvalue weighted by Gasteiger charge is 1.95. The van der Waals surface area contributed by atoms with E-state index in [0.29, 0.717) is 0 Å². The Balaban J connectivity index is 2.96. The van der Waals surface area contributed by atoms with E-state index in [4.69, 9.17) is 0 Å². The van der Waals surface area contributed by atoms with Crippen molar-refractivity contribution in [1.82, 2.24) is 0 Å². The van der Waals surface area contributed by atoms with Crippen molar-refractivity contribution in [3.8, 4) is 0 Å². The minimum absolute atomic E-state index is 0.870. The molecule has 0 saturated carbocycles. The normalized spacial score (nSPS) is 13.1. The molecule has 0 rings (SSSR count). The predicted molar refractivity (Wildman–Crippen MR) is 47.0 cm³/mol. The van der Waals surface area contributed by atoms with Crippen LogP contribution in [-0.4, -0.2) is 11.5 Å². The lowest BCUT2D eigenvalue weighted by Crippen LogP contribution is -1.95. The first-order chi connectivity index (χ1) is 4.31. The molecule has 9 heavy (non-hydrogen) atoms. The summed E-state index contributed by atoms with van der Waals surface area (Å²) in [5, 5.41) is 0. The van der Waals surface area contributed by atoms with Crippen LogP contribution in [0.1, 0.15) is 20.3 Å². The summed E-state index contributed by atoms with van der Waals surface area (Å²) < 4.78 is 0. The first-order valence-corrected chi connectivity index (χ1v) is 4.65. The van der Waals surface area contributed by atoms with Crippen molar-refractivity contribution in [3.05, 3.63) is 12.7 Å². The lowest BCUT2D eigenvalue weighted by Gasteiger charge is -2.04. The van der Waals surface area contributed by atoms with Crippen LogP contribution in [0.4, 0.5) is 0 Å². The molecular weight excluding hydrogens is 128 g/mol. The molecule has 0 aromatic carbocycles. The molecule has 0 aliphatic rings. The third kappa shape index (κ3) is 5.97. The molecule has 54 valence electrons. The van der Waals surface area contributed by atoms with Gasteiger partial charge in [-0.1, -0.05) is 26.3 Å². The molecule has 0 N–H and O–H groups in total. The van der Waals surface area contributed by atoms with Gasteiger partial charge in [0.15, 0.2) is 0 Å². The van der Waals surface area contributed by atoms with Crippen LogP contribution in [0.25, 0.3) is 0 Å². The van der Waals surface area contributed by atoms with Crippen molar-refractivity contribution in [3.63, 3.8) is 0 Å². The highest BCUT2D eigenvalue weighted by Crippen LogP contribution is 2.10. The molecule has 0 aromatic rings.